The molecule has 266 valence electrons. The lowest BCUT2D eigenvalue weighted by Gasteiger charge is -2.18. The number of aliphatic carboxylic acids is 1. The molecule has 0 spiro atoms. The van der Waals surface area contributed by atoms with Gasteiger partial charge in [0, 0.05) is 12.8 Å². The van der Waals surface area contributed by atoms with Gasteiger partial charge in [-0.15, -0.1) is 0 Å². The van der Waals surface area contributed by atoms with Crippen molar-refractivity contribution in [2.45, 2.75) is 174 Å². The molecule has 0 saturated carbocycles. The number of aliphatic hydroxyl groups excluding tert-OH is 1. The van der Waals surface area contributed by atoms with Gasteiger partial charge in [0.25, 0.3) is 0 Å². The molecule has 11 nitrogen and oxygen atoms in total. The van der Waals surface area contributed by atoms with Crippen molar-refractivity contribution in [1.82, 2.24) is 5.32 Å². The highest BCUT2D eigenvalue weighted by Gasteiger charge is 2.28. The molecule has 0 aromatic rings. The SMILES string of the molecule is CCCCCCCCCCCCCCCCCCCC(=O)OCC(O)COP(=O)(O)OCC(NC(=O)CCCCCC)C(=O)O. The van der Waals surface area contributed by atoms with E-state index in [0.717, 1.165) is 38.5 Å². The van der Waals surface area contributed by atoms with Crippen LogP contribution < -0.4 is 5.32 Å². The van der Waals surface area contributed by atoms with Crippen molar-refractivity contribution in [3.8, 4) is 0 Å². The average Bonchev–Trinajstić information content (AvgIpc) is 3.00. The minimum Gasteiger partial charge on any atom is -0.480 e. The van der Waals surface area contributed by atoms with Crippen LogP contribution in [-0.4, -0.2) is 64.9 Å². The summed E-state index contributed by atoms with van der Waals surface area (Å²) in [5, 5.41) is 21.5. The Kier molecular flexibility index (Phi) is 28.8. The Morgan fingerprint density at radius 1 is 0.622 bits per heavy atom. The van der Waals surface area contributed by atoms with E-state index >= 15 is 0 Å². The van der Waals surface area contributed by atoms with Crippen molar-refractivity contribution >= 4 is 25.7 Å². The van der Waals surface area contributed by atoms with Crippen molar-refractivity contribution < 1.29 is 47.8 Å². The molecule has 3 unspecified atom stereocenters. The molecule has 0 heterocycles. The Hall–Kier alpha value is -1.52. The number of nitrogens with one attached hydrogen (secondary N) is 1. The van der Waals surface area contributed by atoms with Crippen molar-refractivity contribution in [2.75, 3.05) is 19.8 Å². The molecule has 1 amide bonds. The molecule has 4 N–H and O–H groups in total. The summed E-state index contributed by atoms with van der Waals surface area (Å²) in [4.78, 5) is 45.1. The number of carbonyl (C=O) groups excluding carboxylic acids is 2. The Bertz CT molecular complexity index is 797. The molecule has 0 fully saturated rings. The van der Waals surface area contributed by atoms with Crippen LogP contribution in [0.5, 0.6) is 0 Å². The number of carbonyl (C=O) groups is 3. The van der Waals surface area contributed by atoms with Crippen molar-refractivity contribution in [2.24, 2.45) is 0 Å². The second-order valence-electron chi connectivity index (χ2n) is 12.1. The van der Waals surface area contributed by atoms with E-state index in [1.54, 1.807) is 0 Å². The number of aliphatic hydroxyl groups is 1. The molecule has 0 aromatic carbocycles. The van der Waals surface area contributed by atoms with Gasteiger partial charge in [-0.25, -0.2) is 9.36 Å². The van der Waals surface area contributed by atoms with E-state index < -0.39 is 57.6 Å². The minimum atomic E-state index is -4.72. The maximum Gasteiger partial charge on any atom is 0.472 e. The predicted octanol–water partition coefficient (Wildman–Crippen LogP) is 7.61. The second-order valence-corrected chi connectivity index (χ2v) is 13.5. The summed E-state index contributed by atoms with van der Waals surface area (Å²) in [6.07, 6.45) is 23.7. The molecule has 45 heavy (non-hydrogen) atoms. The van der Waals surface area contributed by atoms with Crippen LogP contribution in [0.15, 0.2) is 0 Å². The fourth-order valence-corrected chi connectivity index (χ4v) is 5.62. The molecule has 0 aliphatic heterocycles. The number of amides is 1. The zero-order chi connectivity index (χ0) is 33.6. The number of esters is 1. The number of phosphoric ester groups is 1. The van der Waals surface area contributed by atoms with Gasteiger partial charge in [0.1, 0.15) is 12.7 Å². The molecule has 0 rings (SSSR count). The molecule has 0 radical (unpaired) electrons. The number of carboxylic acid groups (broad SMARTS) is 1. The monoisotopic (exact) mass is 665 g/mol. The predicted molar refractivity (Wildman–Crippen MR) is 176 cm³/mol. The van der Waals surface area contributed by atoms with Crippen LogP contribution >= 0.6 is 7.82 Å². The van der Waals surface area contributed by atoms with E-state index in [1.807, 2.05) is 6.92 Å². The largest absolute Gasteiger partial charge is 0.480 e. The fraction of sp³-hybridized carbons (Fsp3) is 0.909. The zero-order valence-electron chi connectivity index (χ0n) is 28.2. The summed E-state index contributed by atoms with van der Waals surface area (Å²) in [7, 11) is -4.72. The first-order valence-corrected chi connectivity index (χ1v) is 19.1. The second kappa shape index (κ2) is 29.9. The maximum absolute atomic E-state index is 12.1. The third kappa shape index (κ3) is 29.6. The zero-order valence-corrected chi connectivity index (χ0v) is 29.1. The van der Waals surface area contributed by atoms with Crippen molar-refractivity contribution in [3.63, 3.8) is 0 Å². The lowest BCUT2D eigenvalue weighted by atomic mass is 10.0. The summed E-state index contributed by atoms with van der Waals surface area (Å²) in [6, 6.07) is -1.53. The Morgan fingerprint density at radius 2 is 1.02 bits per heavy atom. The fourth-order valence-electron chi connectivity index (χ4n) is 4.84. The summed E-state index contributed by atoms with van der Waals surface area (Å²) < 4.78 is 26.5. The van der Waals surface area contributed by atoms with E-state index in [-0.39, 0.29) is 12.8 Å². The van der Waals surface area contributed by atoms with Gasteiger partial charge in [-0.3, -0.25) is 18.6 Å². The van der Waals surface area contributed by atoms with Gasteiger partial charge in [-0.1, -0.05) is 136 Å². The molecule has 0 aromatic heterocycles. The highest BCUT2D eigenvalue weighted by atomic mass is 31.2. The molecular weight excluding hydrogens is 601 g/mol. The molecular formula is C33H64NO10P. The first-order valence-electron chi connectivity index (χ1n) is 17.6. The Morgan fingerprint density at radius 3 is 1.49 bits per heavy atom. The topological polar surface area (TPSA) is 169 Å². The van der Waals surface area contributed by atoms with E-state index in [1.165, 1.54) is 83.5 Å². The van der Waals surface area contributed by atoms with Gasteiger partial charge in [0.15, 0.2) is 6.04 Å². The van der Waals surface area contributed by atoms with Gasteiger partial charge >= 0.3 is 19.8 Å². The lowest BCUT2D eigenvalue weighted by molar-refractivity contribution is -0.147. The first kappa shape index (κ1) is 43.5. The molecule has 0 saturated heterocycles. The maximum atomic E-state index is 12.1. The van der Waals surface area contributed by atoms with Gasteiger partial charge in [0.2, 0.25) is 5.91 Å². The summed E-state index contributed by atoms with van der Waals surface area (Å²) >= 11 is 0. The highest BCUT2D eigenvalue weighted by molar-refractivity contribution is 7.47. The third-order valence-electron chi connectivity index (χ3n) is 7.65. The summed E-state index contributed by atoms with van der Waals surface area (Å²) in [5.74, 6) is -2.39. The van der Waals surface area contributed by atoms with Crippen LogP contribution in [0.2, 0.25) is 0 Å². The van der Waals surface area contributed by atoms with E-state index in [0.29, 0.717) is 12.8 Å². The standard InChI is InChI=1S/C33H64NO10P/c1-3-5-7-9-10-11-12-13-14-15-16-17-18-19-20-21-23-25-32(37)42-26-29(35)27-43-45(40,41)44-28-30(33(38)39)34-31(36)24-22-8-6-4-2/h29-30,35H,3-28H2,1-2H3,(H,34,36)(H,38,39)(H,40,41). The van der Waals surface area contributed by atoms with Crippen molar-refractivity contribution in [3.05, 3.63) is 0 Å². The van der Waals surface area contributed by atoms with Crippen LogP contribution in [0.4, 0.5) is 0 Å². The van der Waals surface area contributed by atoms with Gasteiger partial charge in [-0.2, -0.15) is 0 Å². The van der Waals surface area contributed by atoms with Crippen molar-refractivity contribution in [1.29, 1.82) is 0 Å². The lowest BCUT2D eigenvalue weighted by Crippen LogP contribution is -2.43. The van der Waals surface area contributed by atoms with E-state index in [2.05, 4.69) is 16.8 Å². The van der Waals surface area contributed by atoms with Crippen LogP contribution in [-0.2, 0) is 32.7 Å². The number of carboxylic acids is 1. The Balaban J connectivity index is 3.81. The number of rotatable bonds is 33. The molecule has 12 heteroatoms. The molecule has 3 atom stereocenters. The molecule has 0 bridgehead atoms. The number of unbranched alkanes of at least 4 members (excludes halogenated alkanes) is 19. The van der Waals surface area contributed by atoms with Gasteiger partial charge < -0.3 is 25.2 Å². The van der Waals surface area contributed by atoms with Crippen LogP contribution in [0.3, 0.4) is 0 Å². The van der Waals surface area contributed by atoms with Crippen LogP contribution in [0.1, 0.15) is 162 Å². The normalized spacial score (nSPS) is 14.0. The minimum absolute atomic E-state index is 0.140. The summed E-state index contributed by atoms with van der Waals surface area (Å²) in [5.41, 5.74) is 0. The molecule has 0 aliphatic carbocycles. The molecule has 0 aliphatic rings. The number of phosphoric acid groups is 1. The van der Waals surface area contributed by atoms with E-state index in [4.69, 9.17) is 9.26 Å². The average molecular weight is 666 g/mol. The van der Waals surface area contributed by atoms with Crippen LogP contribution in [0.25, 0.3) is 0 Å². The summed E-state index contributed by atoms with van der Waals surface area (Å²) in [6.45, 7) is 2.41. The first-order chi connectivity index (χ1) is 21.6. The third-order valence-corrected chi connectivity index (χ3v) is 8.60. The smallest absolute Gasteiger partial charge is 0.472 e. The number of ether oxygens (including phenoxy) is 1. The quantitative estimate of drug-likeness (QED) is 0.0311. The van der Waals surface area contributed by atoms with Crippen LogP contribution in [0, 0.1) is 0 Å². The van der Waals surface area contributed by atoms with E-state index in [9.17, 15) is 34.1 Å². The number of hydrogen-bond acceptors (Lipinski definition) is 8. The Labute approximate surface area is 272 Å². The highest BCUT2D eigenvalue weighted by Crippen LogP contribution is 2.43. The number of hydrogen-bond donors (Lipinski definition) is 4. The van der Waals surface area contributed by atoms with Gasteiger partial charge in [-0.05, 0) is 12.8 Å². The van der Waals surface area contributed by atoms with Gasteiger partial charge in [0.05, 0.1) is 13.2 Å².